The van der Waals surface area contributed by atoms with Gasteiger partial charge in [-0.05, 0) is 64.3 Å². The maximum atomic E-state index is 7.14. The number of benzene rings is 4. The van der Waals surface area contributed by atoms with Crippen LogP contribution >= 0.6 is 0 Å². The number of rotatable bonds is 2. The Balaban J connectivity index is 1.64. The Hall–Kier alpha value is -2.50. The predicted octanol–water partition coefficient (Wildman–Crippen LogP) is 5.72. The van der Waals surface area contributed by atoms with Crippen LogP contribution in [0.3, 0.4) is 0 Å². The summed E-state index contributed by atoms with van der Waals surface area (Å²) in [5, 5.41) is 8.73. The third-order valence-electron chi connectivity index (χ3n) is 6.80. The number of hydrogen-bond acceptors (Lipinski definition) is 3. The van der Waals surface area contributed by atoms with Gasteiger partial charge in [-0.3, -0.25) is 0 Å². The molecule has 3 nitrogen and oxygen atoms in total. The van der Waals surface area contributed by atoms with Crippen LogP contribution in [0.2, 0.25) is 13.1 Å². The molecule has 6 rings (SSSR count). The smallest absolute Gasteiger partial charge is 0.333 e. The molecule has 4 heteroatoms. The third kappa shape index (κ3) is 3.14. The van der Waals surface area contributed by atoms with Crippen molar-refractivity contribution in [3.05, 3.63) is 96.1 Å². The first-order valence-electron chi connectivity index (χ1n) is 11.1. The molecule has 0 radical (unpaired) electrons. The van der Waals surface area contributed by atoms with Gasteiger partial charge in [0.05, 0.1) is 6.10 Å². The fourth-order valence-electron chi connectivity index (χ4n) is 5.51. The fourth-order valence-corrected chi connectivity index (χ4v) is 7.70. The van der Waals surface area contributed by atoms with Crippen molar-refractivity contribution in [1.82, 2.24) is 5.32 Å². The molecule has 31 heavy (non-hydrogen) atoms. The quantitative estimate of drug-likeness (QED) is 0.417. The van der Waals surface area contributed by atoms with Crippen molar-refractivity contribution in [2.45, 2.75) is 37.3 Å². The first kappa shape index (κ1) is 19.2. The number of nitrogens with one attached hydrogen (secondary N) is 1. The second-order valence-electron chi connectivity index (χ2n) is 9.30. The molecule has 4 aromatic rings. The molecule has 0 unspecified atom stereocenters. The van der Waals surface area contributed by atoms with E-state index in [0.717, 1.165) is 13.0 Å². The molecule has 2 bridgehead atoms. The molecular formula is C27H27NO2Si. The van der Waals surface area contributed by atoms with E-state index in [9.17, 15) is 0 Å². The first-order chi connectivity index (χ1) is 15.0. The van der Waals surface area contributed by atoms with E-state index in [-0.39, 0.29) is 12.1 Å². The van der Waals surface area contributed by atoms with E-state index < -0.39 is 14.2 Å². The maximum Gasteiger partial charge on any atom is 0.333 e. The van der Waals surface area contributed by atoms with E-state index >= 15 is 0 Å². The molecule has 2 heterocycles. The van der Waals surface area contributed by atoms with Crippen LogP contribution in [0, 0.1) is 0 Å². The second-order valence-corrected chi connectivity index (χ2v) is 12.5. The summed E-state index contributed by atoms with van der Waals surface area (Å²) in [6.45, 7) is 5.25. The molecular weight excluding hydrogens is 398 g/mol. The fraction of sp³-hybridized carbons (Fsp3) is 0.259. The maximum absolute atomic E-state index is 7.14. The van der Waals surface area contributed by atoms with Gasteiger partial charge >= 0.3 is 8.56 Å². The Labute approximate surface area is 184 Å². The summed E-state index contributed by atoms with van der Waals surface area (Å²) >= 11 is 0. The molecule has 2 aliphatic rings. The van der Waals surface area contributed by atoms with Gasteiger partial charge in [0.1, 0.15) is 5.60 Å². The predicted molar refractivity (Wildman–Crippen MR) is 129 cm³/mol. The van der Waals surface area contributed by atoms with Crippen molar-refractivity contribution >= 4 is 30.1 Å². The Morgan fingerprint density at radius 2 is 1.32 bits per heavy atom. The molecule has 0 amide bonds. The molecule has 4 aromatic carbocycles. The van der Waals surface area contributed by atoms with Crippen molar-refractivity contribution in [2.75, 3.05) is 6.54 Å². The first-order valence-corrected chi connectivity index (χ1v) is 14.0. The van der Waals surface area contributed by atoms with Crippen LogP contribution in [0.15, 0.2) is 84.9 Å². The summed E-state index contributed by atoms with van der Waals surface area (Å²) < 4.78 is 13.7. The van der Waals surface area contributed by atoms with Crippen LogP contribution in [0.25, 0.3) is 21.5 Å². The van der Waals surface area contributed by atoms with Gasteiger partial charge in [-0.15, -0.1) is 0 Å². The molecule has 156 valence electrons. The molecule has 0 spiro atoms. The van der Waals surface area contributed by atoms with Gasteiger partial charge in [-0.1, -0.05) is 72.8 Å². The lowest BCUT2D eigenvalue weighted by molar-refractivity contribution is 0.0361. The zero-order chi connectivity index (χ0) is 21.1. The zero-order valence-electron chi connectivity index (χ0n) is 18.0. The van der Waals surface area contributed by atoms with E-state index in [1.54, 1.807) is 0 Å². The summed E-state index contributed by atoms with van der Waals surface area (Å²) in [5.41, 5.74) is 1.81. The molecule has 0 aromatic heterocycles. The summed E-state index contributed by atoms with van der Waals surface area (Å²) in [6.07, 6.45) is 1.17. The Morgan fingerprint density at radius 1 is 0.774 bits per heavy atom. The monoisotopic (exact) mass is 425 g/mol. The van der Waals surface area contributed by atoms with Crippen LogP contribution in [-0.4, -0.2) is 27.3 Å². The van der Waals surface area contributed by atoms with Crippen LogP contribution in [0.4, 0.5) is 0 Å². The zero-order valence-corrected chi connectivity index (χ0v) is 19.0. The second kappa shape index (κ2) is 7.00. The normalized spacial score (nSPS) is 24.3. The molecule has 2 atom stereocenters. The lowest BCUT2D eigenvalue weighted by atomic mass is 9.78. The minimum absolute atomic E-state index is 0.161. The van der Waals surface area contributed by atoms with E-state index in [2.05, 4.69) is 103 Å². The van der Waals surface area contributed by atoms with E-state index in [1.807, 2.05) is 0 Å². The van der Waals surface area contributed by atoms with Gasteiger partial charge in [0.2, 0.25) is 0 Å². The number of hydrogen-bond donors (Lipinski definition) is 1. The number of fused-ring (bicyclic) bond motifs is 4. The minimum atomic E-state index is -2.37. The topological polar surface area (TPSA) is 30.5 Å². The molecule has 0 aliphatic carbocycles. The van der Waals surface area contributed by atoms with Crippen molar-refractivity contribution in [3.8, 4) is 0 Å². The molecule has 2 aliphatic heterocycles. The van der Waals surface area contributed by atoms with Gasteiger partial charge in [0.25, 0.3) is 0 Å². The molecule has 2 fully saturated rings. The van der Waals surface area contributed by atoms with Gasteiger partial charge in [-0.25, -0.2) is 0 Å². The van der Waals surface area contributed by atoms with Gasteiger partial charge in [0.15, 0.2) is 0 Å². The van der Waals surface area contributed by atoms with Crippen LogP contribution in [-0.2, 0) is 14.5 Å². The van der Waals surface area contributed by atoms with Crippen LogP contribution in [0.5, 0.6) is 0 Å². The molecule has 0 saturated carbocycles. The van der Waals surface area contributed by atoms with Crippen molar-refractivity contribution in [1.29, 1.82) is 0 Å². The van der Waals surface area contributed by atoms with E-state index in [4.69, 9.17) is 8.85 Å². The highest BCUT2D eigenvalue weighted by molar-refractivity contribution is 6.64. The average Bonchev–Trinajstić information content (AvgIpc) is 3.20. The van der Waals surface area contributed by atoms with E-state index in [0.29, 0.717) is 0 Å². The summed E-state index contributed by atoms with van der Waals surface area (Å²) in [6, 6.07) is 30.9. The highest BCUT2D eigenvalue weighted by Crippen LogP contribution is 2.46. The van der Waals surface area contributed by atoms with Crippen molar-refractivity contribution in [2.24, 2.45) is 0 Å². The SMILES string of the molecule is C[Si]1(C)O[C@@H]2CN[C@@H](C2)C(c2ccc3ccccc3c2)(c2ccc3ccccc3c2)O1. The Morgan fingerprint density at radius 3 is 1.90 bits per heavy atom. The molecule has 1 N–H and O–H groups in total. The Kier molecular flexibility index (Phi) is 4.34. The average molecular weight is 426 g/mol. The standard InChI is InChI=1S/C27H27NO2Si/c1-31(2)29-25-17-26(28-18-25)27(30-31,23-13-11-19-7-3-5-9-21(19)15-23)24-14-12-20-8-4-6-10-22(20)16-24/h3-16,25-26,28H,17-18H2,1-2H3/t25-,26-/m0/s1. The lowest BCUT2D eigenvalue weighted by Gasteiger charge is -2.44. The summed E-state index contributed by atoms with van der Waals surface area (Å²) in [7, 11) is -2.37. The molecule has 2 saturated heterocycles. The van der Waals surface area contributed by atoms with Gasteiger partial charge in [-0.2, -0.15) is 0 Å². The minimum Gasteiger partial charge on any atom is -0.390 e. The van der Waals surface area contributed by atoms with E-state index in [1.165, 1.54) is 32.7 Å². The largest absolute Gasteiger partial charge is 0.390 e. The Bertz CT molecular complexity index is 1210. The summed E-state index contributed by atoms with van der Waals surface area (Å²) in [4.78, 5) is 0. The third-order valence-corrected chi connectivity index (χ3v) is 8.51. The van der Waals surface area contributed by atoms with Gasteiger partial charge < -0.3 is 14.2 Å². The highest BCUT2D eigenvalue weighted by atomic mass is 28.4. The van der Waals surface area contributed by atoms with Crippen molar-refractivity contribution in [3.63, 3.8) is 0 Å². The summed E-state index contributed by atoms with van der Waals surface area (Å²) in [5.74, 6) is 0. The van der Waals surface area contributed by atoms with Crippen LogP contribution < -0.4 is 5.32 Å². The highest BCUT2D eigenvalue weighted by Gasteiger charge is 2.54. The lowest BCUT2D eigenvalue weighted by Crippen LogP contribution is -2.54. The van der Waals surface area contributed by atoms with Crippen molar-refractivity contribution < 1.29 is 8.85 Å². The van der Waals surface area contributed by atoms with Gasteiger partial charge in [0, 0.05) is 12.6 Å². The van der Waals surface area contributed by atoms with Crippen LogP contribution in [0.1, 0.15) is 17.5 Å².